The fourth-order valence-electron chi connectivity index (χ4n) is 4.39. The van der Waals surface area contributed by atoms with E-state index in [1.54, 1.807) is 0 Å². The van der Waals surface area contributed by atoms with Crippen LogP contribution in [-0.4, -0.2) is 33.4 Å². The Morgan fingerprint density at radius 1 is 1.41 bits per heavy atom. The zero-order valence-electron chi connectivity index (χ0n) is 14.0. The van der Waals surface area contributed by atoms with Gasteiger partial charge < -0.3 is 10.4 Å². The Morgan fingerprint density at radius 3 is 2.68 bits per heavy atom. The smallest absolute Gasteiger partial charge is 0.272 e. The molecule has 2 aliphatic rings. The summed E-state index contributed by atoms with van der Waals surface area (Å²) in [5.41, 5.74) is 1.33. The zero-order valence-corrected chi connectivity index (χ0v) is 14.0. The number of aromatic nitrogens is 2. The minimum atomic E-state index is -0.136. The van der Waals surface area contributed by atoms with Gasteiger partial charge in [-0.2, -0.15) is 5.10 Å². The number of aliphatic hydroxyl groups excluding tert-OH is 1. The molecule has 1 aromatic heterocycles. The third-order valence-electron chi connectivity index (χ3n) is 5.35. The van der Waals surface area contributed by atoms with Gasteiger partial charge in [-0.25, -0.2) is 0 Å². The van der Waals surface area contributed by atoms with Crippen LogP contribution in [0.4, 0.5) is 0 Å². The number of nitrogens with zero attached hydrogens (tertiary/aromatic N) is 2. The second-order valence-corrected chi connectivity index (χ2v) is 7.93. The van der Waals surface area contributed by atoms with E-state index < -0.39 is 0 Å². The maximum atomic E-state index is 12.6. The van der Waals surface area contributed by atoms with Gasteiger partial charge in [0.1, 0.15) is 5.69 Å². The molecule has 5 nitrogen and oxygen atoms in total. The lowest BCUT2D eigenvalue weighted by Crippen LogP contribution is -2.45. The van der Waals surface area contributed by atoms with E-state index in [9.17, 15) is 9.90 Å². The van der Waals surface area contributed by atoms with Crippen LogP contribution >= 0.6 is 0 Å². The minimum Gasteiger partial charge on any atom is -0.396 e. The Labute approximate surface area is 132 Å². The highest BCUT2D eigenvalue weighted by atomic mass is 16.3. The standard InChI is InChI=1S/C17H27N3O2/c1-10-7-14(19-20(10)17(2,3)4)16(22)18-15-12-6-5-11(8-12)13(15)9-21/h7,11-13,15,21H,5-6,8-9H2,1-4H3,(H,18,22). The van der Waals surface area contributed by atoms with Gasteiger partial charge in [0, 0.05) is 24.3 Å². The van der Waals surface area contributed by atoms with Gasteiger partial charge in [-0.3, -0.25) is 9.48 Å². The van der Waals surface area contributed by atoms with Crippen LogP contribution in [0, 0.1) is 24.7 Å². The number of hydrogen-bond donors (Lipinski definition) is 2. The molecule has 0 saturated heterocycles. The summed E-state index contributed by atoms with van der Waals surface area (Å²) in [6.07, 6.45) is 3.51. The number of rotatable bonds is 3. The van der Waals surface area contributed by atoms with Crippen molar-refractivity contribution >= 4 is 5.91 Å². The molecule has 4 unspecified atom stereocenters. The van der Waals surface area contributed by atoms with E-state index in [-0.39, 0.29) is 30.0 Å². The molecule has 0 radical (unpaired) electrons. The summed E-state index contributed by atoms with van der Waals surface area (Å²) in [5.74, 6) is 1.21. The predicted octanol–water partition coefficient (Wildman–Crippen LogP) is 2.08. The molecule has 4 atom stereocenters. The van der Waals surface area contributed by atoms with Crippen molar-refractivity contribution in [3.05, 3.63) is 17.5 Å². The fourth-order valence-corrected chi connectivity index (χ4v) is 4.39. The Kier molecular flexibility index (Phi) is 3.79. The largest absolute Gasteiger partial charge is 0.396 e. The van der Waals surface area contributed by atoms with Gasteiger partial charge in [0.2, 0.25) is 0 Å². The third-order valence-corrected chi connectivity index (χ3v) is 5.35. The molecule has 0 aliphatic heterocycles. The van der Waals surface area contributed by atoms with E-state index in [1.807, 2.05) is 17.7 Å². The van der Waals surface area contributed by atoms with Gasteiger partial charge in [-0.1, -0.05) is 0 Å². The van der Waals surface area contributed by atoms with Crippen LogP contribution in [0.2, 0.25) is 0 Å². The van der Waals surface area contributed by atoms with Crippen molar-refractivity contribution < 1.29 is 9.90 Å². The number of aryl methyl sites for hydroxylation is 1. The number of carbonyl (C=O) groups is 1. The first-order chi connectivity index (χ1) is 10.3. The van der Waals surface area contributed by atoms with Gasteiger partial charge in [0.25, 0.3) is 5.91 Å². The lowest BCUT2D eigenvalue weighted by molar-refractivity contribution is 0.0855. The molecule has 122 valence electrons. The summed E-state index contributed by atoms with van der Waals surface area (Å²) >= 11 is 0. The maximum Gasteiger partial charge on any atom is 0.272 e. The maximum absolute atomic E-state index is 12.6. The molecule has 2 saturated carbocycles. The number of nitrogens with one attached hydrogen (secondary N) is 1. The van der Waals surface area contributed by atoms with Crippen molar-refractivity contribution in [3.63, 3.8) is 0 Å². The summed E-state index contributed by atoms with van der Waals surface area (Å²) in [7, 11) is 0. The van der Waals surface area contributed by atoms with Gasteiger partial charge in [-0.05, 0) is 64.9 Å². The molecule has 2 aliphatic carbocycles. The fraction of sp³-hybridized carbons (Fsp3) is 0.765. The van der Waals surface area contributed by atoms with E-state index >= 15 is 0 Å². The number of amides is 1. The molecule has 1 amide bonds. The van der Waals surface area contributed by atoms with Gasteiger partial charge >= 0.3 is 0 Å². The van der Waals surface area contributed by atoms with Crippen LogP contribution in [-0.2, 0) is 5.54 Å². The molecule has 2 N–H and O–H groups in total. The first kappa shape index (κ1) is 15.5. The average Bonchev–Trinajstić information content (AvgIpc) is 3.11. The summed E-state index contributed by atoms with van der Waals surface area (Å²) in [6.45, 7) is 8.37. The number of aliphatic hydroxyl groups is 1. The van der Waals surface area contributed by atoms with E-state index in [4.69, 9.17) is 0 Å². The Morgan fingerprint density at radius 2 is 2.09 bits per heavy atom. The molecular weight excluding hydrogens is 278 g/mol. The Hall–Kier alpha value is -1.36. The summed E-state index contributed by atoms with van der Waals surface area (Å²) < 4.78 is 1.90. The SMILES string of the molecule is Cc1cc(C(=O)NC2C3CCC(C3)C2CO)nn1C(C)(C)C. The van der Waals surface area contributed by atoms with Crippen molar-refractivity contribution in [2.45, 2.75) is 58.5 Å². The van der Waals surface area contributed by atoms with Crippen LogP contribution in [0.3, 0.4) is 0 Å². The Bertz CT molecular complexity index is 573. The van der Waals surface area contributed by atoms with E-state index in [0.29, 0.717) is 17.5 Å². The normalized spacial score (nSPS) is 30.8. The molecule has 2 bridgehead atoms. The molecule has 0 spiro atoms. The summed E-state index contributed by atoms with van der Waals surface area (Å²) in [4.78, 5) is 12.6. The number of carbonyl (C=O) groups excluding carboxylic acids is 1. The van der Waals surface area contributed by atoms with Gasteiger partial charge in [0.05, 0.1) is 5.54 Å². The minimum absolute atomic E-state index is 0.108. The molecule has 0 aromatic carbocycles. The predicted molar refractivity (Wildman–Crippen MR) is 84.6 cm³/mol. The van der Waals surface area contributed by atoms with E-state index in [2.05, 4.69) is 31.2 Å². The van der Waals surface area contributed by atoms with Crippen LogP contribution in [0.5, 0.6) is 0 Å². The molecule has 1 heterocycles. The van der Waals surface area contributed by atoms with Crippen molar-refractivity contribution in [3.8, 4) is 0 Å². The summed E-state index contributed by atoms with van der Waals surface area (Å²) in [5, 5.41) is 17.2. The second kappa shape index (κ2) is 5.37. The van der Waals surface area contributed by atoms with E-state index in [1.165, 1.54) is 12.8 Å². The summed E-state index contributed by atoms with van der Waals surface area (Å²) in [6, 6.07) is 1.96. The van der Waals surface area contributed by atoms with Crippen molar-refractivity contribution in [2.75, 3.05) is 6.61 Å². The first-order valence-electron chi connectivity index (χ1n) is 8.30. The second-order valence-electron chi connectivity index (χ2n) is 7.93. The van der Waals surface area contributed by atoms with Crippen LogP contribution < -0.4 is 5.32 Å². The quantitative estimate of drug-likeness (QED) is 0.898. The topological polar surface area (TPSA) is 67.2 Å². The first-order valence-corrected chi connectivity index (χ1v) is 8.30. The van der Waals surface area contributed by atoms with Gasteiger partial charge in [0.15, 0.2) is 0 Å². The van der Waals surface area contributed by atoms with E-state index in [0.717, 1.165) is 12.1 Å². The number of fused-ring (bicyclic) bond motifs is 2. The zero-order chi connectivity index (χ0) is 16.1. The highest BCUT2D eigenvalue weighted by molar-refractivity contribution is 5.92. The molecular formula is C17H27N3O2. The monoisotopic (exact) mass is 305 g/mol. The van der Waals surface area contributed by atoms with Crippen LogP contribution in [0.15, 0.2) is 6.07 Å². The van der Waals surface area contributed by atoms with Crippen molar-refractivity contribution in [2.24, 2.45) is 17.8 Å². The molecule has 1 aromatic rings. The average molecular weight is 305 g/mol. The molecule has 3 rings (SSSR count). The highest BCUT2D eigenvalue weighted by Gasteiger charge is 2.47. The lowest BCUT2D eigenvalue weighted by atomic mass is 9.85. The molecule has 2 fully saturated rings. The van der Waals surface area contributed by atoms with Gasteiger partial charge in [-0.15, -0.1) is 0 Å². The van der Waals surface area contributed by atoms with Crippen LogP contribution in [0.25, 0.3) is 0 Å². The lowest BCUT2D eigenvalue weighted by Gasteiger charge is -2.30. The van der Waals surface area contributed by atoms with Crippen molar-refractivity contribution in [1.29, 1.82) is 0 Å². The van der Waals surface area contributed by atoms with Crippen LogP contribution in [0.1, 0.15) is 56.2 Å². The molecule has 5 heteroatoms. The third kappa shape index (κ3) is 2.56. The highest BCUT2D eigenvalue weighted by Crippen LogP contribution is 2.48. The Balaban J connectivity index is 1.75. The molecule has 22 heavy (non-hydrogen) atoms. The number of hydrogen-bond acceptors (Lipinski definition) is 3. The van der Waals surface area contributed by atoms with Crippen molar-refractivity contribution in [1.82, 2.24) is 15.1 Å².